The Hall–Kier alpha value is -1.71. The van der Waals surface area contributed by atoms with Gasteiger partial charge in [-0.05, 0) is 30.3 Å². The van der Waals surface area contributed by atoms with Crippen molar-refractivity contribution in [3.8, 4) is 0 Å². The molecule has 0 aliphatic carbocycles. The number of aliphatic hydroxyl groups is 1. The van der Waals surface area contributed by atoms with Gasteiger partial charge in [0.2, 0.25) is 0 Å². The molecule has 1 N–H and O–H groups in total. The average Bonchev–Trinajstić information content (AvgIpc) is 2.40. The molecule has 0 saturated carbocycles. The van der Waals surface area contributed by atoms with Gasteiger partial charge in [-0.1, -0.05) is 30.3 Å². The Labute approximate surface area is 108 Å². The fraction of sp³-hybridized carbons (Fsp3) is 0.267. The summed E-state index contributed by atoms with van der Waals surface area (Å²) in [5.41, 5.74) is 3.27. The second-order valence-electron chi connectivity index (χ2n) is 4.47. The summed E-state index contributed by atoms with van der Waals surface area (Å²) in [6.07, 6.45) is 1.82. The number of aromatic nitrogens is 1. The number of rotatable bonds is 5. The summed E-state index contributed by atoms with van der Waals surface area (Å²) in [5, 5.41) is 8.99. The van der Waals surface area contributed by atoms with Gasteiger partial charge in [-0.15, -0.1) is 0 Å². The molecule has 18 heavy (non-hydrogen) atoms. The van der Waals surface area contributed by atoms with E-state index in [4.69, 9.17) is 5.11 Å². The second-order valence-corrected chi connectivity index (χ2v) is 4.47. The van der Waals surface area contributed by atoms with E-state index >= 15 is 0 Å². The van der Waals surface area contributed by atoms with Gasteiger partial charge in [0.05, 0.1) is 12.3 Å². The van der Waals surface area contributed by atoms with Crippen LogP contribution in [0.1, 0.15) is 16.8 Å². The molecule has 0 aliphatic heterocycles. The zero-order valence-electron chi connectivity index (χ0n) is 10.6. The molecule has 0 unspecified atom stereocenters. The molecule has 0 saturated heterocycles. The Morgan fingerprint density at radius 1 is 1.00 bits per heavy atom. The van der Waals surface area contributed by atoms with Crippen LogP contribution in [0.15, 0.2) is 48.7 Å². The quantitative estimate of drug-likeness (QED) is 0.873. The molecule has 1 aromatic carbocycles. The summed E-state index contributed by atoms with van der Waals surface area (Å²) in [4.78, 5) is 6.53. The Morgan fingerprint density at radius 3 is 2.33 bits per heavy atom. The van der Waals surface area contributed by atoms with E-state index in [2.05, 4.69) is 29.1 Å². The van der Waals surface area contributed by atoms with Crippen LogP contribution in [0.3, 0.4) is 0 Å². The molecule has 0 amide bonds. The first-order valence-corrected chi connectivity index (χ1v) is 6.05. The molecule has 3 nitrogen and oxygen atoms in total. The number of benzene rings is 1. The SMILES string of the molecule is CN(Cc1ccc(CO)cc1)Cc1ccccn1. The van der Waals surface area contributed by atoms with E-state index in [0.29, 0.717) is 0 Å². The van der Waals surface area contributed by atoms with Crippen molar-refractivity contribution < 1.29 is 5.11 Å². The standard InChI is InChI=1S/C15H18N2O/c1-17(11-15-4-2-3-9-16-15)10-13-5-7-14(12-18)8-6-13/h2-9,18H,10-12H2,1H3. The molecule has 2 rings (SSSR count). The lowest BCUT2D eigenvalue weighted by molar-refractivity contribution is 0.281. The monoisotopic (exact) mass is 242 g/mol. The van der Waals surface area contributed by atoms with Gasteiger partial charge in [-0.25, -0.2) is 0 Å². The van der Waals surface area contributed by atoms with Crippen molar-refractivity contribution in [2.45, 2.75) is 19.7 Å². The van der Waals surface area contributed by atoms with Crippen molar-refractivity contribution in [2.75, 3.05) is 7.05 Å². The van der Waals surface area contributed by atoms with Crippen molar-refractivity contribution in [1.29, 1.82) is 0 Å². The zero-order valence-corrected chi connectivity index (χ0v) is 10.6. The molecule has 0 spiro atoms. The summed E-state index contributed by atoms with van der Waals surface area (Å²) in [6.45, 7) is 1.81. The van der Waals surface area contributed by atoms with Crippen LogP contribution in [0.2, 0.25) is 0 Å². The summed E-state index contributed by atoms with van der Waals surface area (Å²) in [7, 11) is 2.08. The molecule has 94 valence electrons. The minimum atomic E-state index is 0.101. The third-order valence-corrected chi connectivity index (χ3v) is 2.82. The fourth-order valence-electron chi connectivity index (χ4n) is 1.89. The van der Waals surface area contributed by atoms with E-state index in [-0.39, 0.29) is 6.61 Å². The highest BCUT2D eigenvalue weighted by Gasteiger charge is 2.02. The van der Waals surface area contributed by atoms with Gasteiger partial charge in [0, 0.05) is 19.3 Å². The smallest absolute Gasteiger partial charge is 0.0681 e. The first kappa shape index (κ1) is 12.7. The van der Waals surface area contributed by atoms with Crippen molar-refractivity contribution in [1.82, 2.24) is 9.88 Å². The van der Waals surface area contributed by atoms with E-state index in [1.54, 1.807) is 0 Å². The highest BCUT2D eigenvalue weighted by Crippen LogP contribution is 2.08. The van der Waals surface area contributed by atoms with E-state index in [1.807, 2.05) is 36.5 Å². The largest absolute Gasteiger partial charge is 0.392 e. The van der Waals surface area contributed by atoms with E-state index in [9.17, 15) is 0 Å². The lowest BCUT2D eigenvalue weighted by Gasteiger charge is -2.16. The highest BCUT2D eigenvalue weighted by molar-refractivity contribution is 5.21. The minimum absolute atomic E-state index is 0.101. The molecule has 1 heterocycles. The van der Waals surface area contributed by atoms with E-state index in [0.717, 1.165) is 24.3 Å². The average molecular weight is 242 g/mol. The minimum Gasteiger partial charge on any atom is -0.392 e. The van der Waals surface area contributed by atoms with E-state index < -0.39 is 0 Å². The molecule has 0 bridgehead atoms. The predicted molar refractivity (Wildman–Crippen MR) is 71.8 cm³/mol. The van der Waals surface area contributed by atoms with Gasteiger partial charge in [0.1, 0.15) is 0 Å². The van der Waals surface area contributed by atoms with Crippen molar-refractivity contribution in [2.24, 2.45) is 0 Å². The van der Waals surface area contributed by atoms with Crippen LogP contribution in [0, 0.1) is 0 Å². The van der Waals surface area contributed by atoms with Crippen LogP contribution in [0.25, 0.3) is 0 Å². The number of pyridine rings is 1. The van der Waals surface area contributed by atoms with Gasteiger partial charge < -0.3 is 5.11 Å². The summed E-state index contributed by atoms with van der Waals surface area (Å²) in [6, 6.07) is 14.0. The van der Waals surface area contributed by atoms with Gasteiger partial charge in [-0.2, -0.15) is 0 Å². The molecule has 0 radical (unpaired) electrons. The number of hydrogen-bond acceptors (Lipinski definition) is 3. The lowest BCUT2D eigenvalue weighted by Crippen LogP contribution is -2.17. The van der Waals surface area contributed by atoms with Crippen LogP contribution >= 0.6 is 0 Å². The Balaban J connectivity index is 1.92. The maximum absolute atomic E-state index is 8.99. The molecule has 0 aliphatic rings. The number of aliphatic hydroxyl groups excluding tert-OH is 1. The summed E-state index contributed by atoms with van der Waals surface area (Å²) < 4.78 is 0. The predicted octanol–water partition coefficient (Wildman–Crippen LogP) is 2.21. The third kappa shape index (κ3) is 3.65. The first-order valence-electron chi connectivity index (χ1n) is 6.05. The normalized spacial score (nSPS) is 10.8. The van der Waals surface area contributed by atoms with Crippen LogP contribution in [-0.2, 0) is 19.7 Å². The fourth-order valence-corrected chi connectivity index (χ4v) is 1.89. The van der Waals surface area contributed by atoms with E-state index in [1.165, 1.54) is 5.56 Å². The topological polar surface area (TPSA) is 36.4 Å². The van der Waals surface area contributed by atoms with Crippen molar-refractivity contribution in [3.05, 3.63) is 65.5 Å². The van der Waals surface area contributed by atoms with Crippen LogP contribution in [0.5, 0.6) is 0 Å². The molecular formula is C15H18N2O. The molecule has 0 fully saturated rings. The molecule has 1 aromatic heterocycles. The van der Waals surface area contributed by atoms with Gasteiger partial charge in [-0.3, -0.25) is 9.88 Å². The maximum Gasteiger partial charge on any atom is 0.0681 e. The number of hydrogen-bond donors (Lipinski definition) is 1. The third-order valence-electron chi connectivity index (χ3n) is 2.82. The number of nitrogens with zero attached hydrogens (tertiary/aromatic N) is 2. The zero-order chi connectivity index (χ0) is 12.8. The lowest BCUT2D eigenvalue weighted by atomic mass is 10.1. The highest BCUT2D eigenvalue weighted by atomic mass is 16.3. The molecule has 3 heteroatoms. The van der Waals surface area contributed by atoms with Crippen molar-refractivity contribution >= 4 is 0 Å². The Kier molecular flexibility index (Phi) is 4.45. The molecular weight excluding hydrogens is 224 g/mol. The van der Waals surface area contributed by atoms with Gasteiger partial charge in [0.25, 0.3) is 0 Å². The summed E-state index contributed by atoms with van der Waals surface area (Å²) in [5.74, 6) is 0. The van der Waals surface area contributed by atoms with Crippen LogP contribution in [-0.4, -0.2) is 22.0 Å². The van der Waals surface area contributed by atoms with Gasteiger partial charge >= 0.3 is 0 Å². The second kappa shape index (κ2) is 6.28. The molecule has 0 atom stereocenters. The first-order chi connectivity index (χ1) is 8.78. The molecule has 2 aromatic rings. The Bertz CT molecular complexity index is 468. The van der Waals surface area contributed by atoms with Crippen LogP contribution < -0.4 is 0 Å². The Morgan fingerprint density at radius 2 is 1.72 bits per heavy atom. The van der Waals surface area contributed by atoms with Crippen molar-refractivity contribution in [3.63, 3.8) is 0 Å². The van der Waals surface area contributed by atoms with Crippen LogP contribution in [0.4, 0.5) is 0 Å². The van der Waals surface area contributed by atoms with Gasteiger partial charge in [0.15, 0.2) is 0 Å². The summed E-state index contributed by atoms with van der Waals surface area (Å²) >= 11 is 0. The maximum atomic E-state index is 8.99.